The van der Waals surface area contributed by atoms with Crippen LogP contribution in [0, 0.1) is 0 Å². The van der Waals surface area contributed by atoms with Crippen molar-refractivity contribution < 1.29 is 14.3 Å². The lowest BCUT2D eigenvalue weighted by Crippen LogP contribution is -2.37. The third-order valence-electron chi connectivity index (χ3n) is 6.71. The van der Waals surface area contributed by atoms with Crippen molar-refractivity contribution in [2.24, 2.45) is 0 Å². The Labute approximate surface area is 283 Å². The number of nitrogens with zero attached hydrogens (tertiary/aromatic N) is 9. The zero-order valence-electron chi connectivity index (χ0n) is 24.7. The van der Waals surface area contributed by atoms with Gasteiger partial charge in [-0.05, 0) is 36.4 Å². The van der Waals surface area contributed by atoms with Crippen LogP contribution in [-0.4, -0.2) is 98.0 Å². The number of alkyl halides is 1. The number of hydrogen-bond donors (Lipinski definition) is 1. The summed E-state index contributed by atoms with van der Waals surface area (Å²) in [7, 11) is 0. The molecule has 0 bridgehead atoms. The highest BCUT2D eigenvalue weighted by Gasteiger charge is 2.17. The largest absolute Gasteiger partial charge is 0.378 e. The summed E-state index contributed by atoms with van der Waals surface area (Å²) in [6.07, 6.45) is 8.73. The predicted octanol–water partition coefficient (Wildman–Crippen LogP) is 4.49. The first-order chi connectivity index (χ1) is 22.4. The van der Waals surface area contributed by atoms with Gasteiger partial charge in [0, 0.05) is 67.2 Å². The fourth-order valence-electron chi connectivity index (χ4n) is 4.48. The Kier molecular flexibility index (Phi) is 12.0. The van der Waals surface area contributed by atoms with E-state index >= 15 is 0 Å². The van der Waals surface area contributed by atoms with Crippen molar-refractivity contribution in [3.63, 3.8) is 0 Å². The molecule has 0 spiro atoms. The summed E-state index contributed by atoms with van der Waals surface area (Å²) in [4.78, 5) is 40.9. The van der Waals surface area contributed by atoms with Gasteiger partial charge in [-0.15, -0.1) is 0 Å². The Bertz CT molecular complexity index is 1700. The minimum atomic E-state index is -0.0676. The van der Waals surface area contributed by atoms with Gasteiger partial charge in [0.15, 0.2) is 5.78 Å². The minimum absolute atomic E-state index is 0.0676. The molecule has 0 atom stereocenters. The molecule has 7 heterocycles. The number of fused-ring (bicyclic) bond motifs is 1. The number of Topliss-reactive ketones (excluding diaryl/α,β-unsaturated/α-hetero) is 1. The Balaban J connectivity index is 0.000000153. The summed E-state index contributed by atoms with van der Waals surface area (Å²) in [5.41, 5.74) is 7.04. The molecule has 0 amide bonds. The number of carbonyl (C=O) groups excluding carboxylic acids is 1. The van der Waals surface area contributed by atoms with Crippen molar-refractivity contribution in [1.82, 2.24) is 34.3 Å². The summed E-state index contributed by atoms with van der Waals surface area (Å²) in [6.45, 7) is 5.96. The van der Waals surface area contributed by atoms with Crippen molar-refractivity contribution in [2.45, 2.75) is 0 Å². The fraction of sp³-hybridized carbons (Fsp3) is 0.300. The first-order valence-corrected chi connectivity index (χ1v) is 16.2. The molecule has 16 heteroatoms. The van der Waals surface area contributed by atoms with E-state index in [9.17, 15) is 4.79 Å². The molecule has 0 saturated carbocycles. The van der Waals surface area contributed by atoms with Crippen LogP contribution in [0.4, 0.5) is 17.6 Å². The molecule has 46 heavy (non-hydrogen) atoms. The molecule has 5 aromatic heterocycles. The molecule has 13 nitrogen and oxygen atoms in total. The van der Waals surface area contributed by atoms with Crippen LogP contribution in [0.1, 0.15) is 10.5 Å². The van der Waals surface area contributed by atoms with Gasteiger partial charge in [-0.2, -0.15) is 0 Å². The van der Waals surface area contributed by atoms with Crippen LogP contribution in [0.25, 0.3) is 17.2 Å². The summed E-state index contributed by atoms with van der Waals surface area (Å²) in [6, 6.07) is 10.7. The second kappa shape index (κ2) is 16.6. The second-order valence-electron chi connectivity index (χ2n) is 9.87. The second-order valence-corrected chi connectivity index (χ2v) is 11.3. The number of carbonyl (C=O) groups is 1. The highest BCUT2D eigenvalue weighted by Crippen LogP contribution is 2.26. The molecule has 2 N–H and O–H groups in total. The maximum atomic E-state index is 11.6. The summed E-state index contributed by atoms with van der Waals surface area (Å²) < 4.78 is 12.5. The van der Waals surface area contributed by atoms with Gasteiger partial charge >= 0.3 is 0 Å². The lowest BCUT2D eigenvalue weighted by Gasteiger charge is -2.28. The normalized spacial score (nSPS) is 14.6. The van der Waals surface area contributed by atoms with Crippen LogP contribution < -0.4 is 15.5 Å². The van der Waals surface area contributed by atoms with Crippen molar-refractivity contribution in [2.75, 3.05) is 73.5 Å². The van der Waals surface area contributed by atoms with Crippen LogP contribution in [0.15, 0.2) is 67.4 Å². The molecule has 0 aliphatic carbocycles. The number of morpholine rings is 2. The monoisotopic (exact) mass is 728 g/mol. The van der Waals surface area contributed by atoms with Gasteiger partial charge in [-0.1, -0.05) is 39.1 Å². The third kappa shape index (κ3) is 9.30. The van der Waals surface area contributed by atoms with E-state index in [0.29, 0.717) is 53.9 Å². The molecular weight excluding hydrogens is 699 g/mol. The predicted molar refractivity (Wildman–Crippen MR) is 181 cm³/mol. The van der Waals surface area contributed by atoms with Gasteiger partial charge < -0.3 is 25.0 Å². The molecule has 240 valence electrons. The van der Waals surface area contributed by atoms with Gasteiger partial charge in [0.05, 0.1) is 37.5 Å². The van der Waals surface area contributed by atoms with Gasteiger partial charge in [-0.3, -0.25) is 9.20 Å². The standard InChI is InChI=1S/C15H14ClN5O.C11H12BrClN2O2.C4H5N3/c16-11-8-12(13-10-21-3-1-2-17-15(21)19-13)18-14(9-11)20-4-6-22-7-5-20;12-7-10(16)9-5-8(13)6-11(14-9)15-1-3-17-4-2-15;5-4-6-2-1-3-7-4/h1-3,8-10H,4-7H2;5-6H,1-4,7H2;1-3H,(H2,5,6,7). The van der Waals surface area contributed by atoms with E-state index in [1.165, 1.54) is 0 Å². The first kappa shape index (κ1) is 33.4. The molecule has 0 aromatic carbocycles. The smallest absolute Gasteiger partial charge is 0.234 e. The molecular formula is C30H31BrCl2N10O3. The van der Waals surface area contributed by atoms with E-state index in [4.69, 9.17) is 43.4 Å². The molecule has 0 unspecified atom stereocenters. The molecule has 2 aliphatic heterocycles. The summed E-state index contributed by atoms with van der Waals surface area (Å²) >= 11 is 15.4. The highest BCUT2D eigenvalue weighted by molar-refractivity contribution is 9.09. The number of ether oxygens (including phenoxy) is 2. The van der Waals surface area contributed by atoms with E-state index in [1.807, 2.05) is 35.0 Å². The van der Waals surface area contributed by atoms with E-state index in [2.05, 4.69) is 50.6 Å². The van der Waals surface area contributed by atoms with Crippen molar-refractivity contribution in [3.8, 4) is 11.4 Å². The fourth-order valence-corrected chi connectivity index (χ4v) is 5.17. The average Bonchev–Trinajstić information content (AvgIpc) is 3.54. The number of nitrogens with two attached hydrogens (primary N) is 1. The topological polar surface area (TPSA) is 150 Å². The lowest BCUT2D eigenvalue weighted by molar-refractivity contribution is 0.101. The number of hydrogen-bond acceptors (Lipinski definition) is 12. The van der Waals surface area contributed by atoms with Gasteiger partial charge in [0.2, 0.25) is 11.7 Å². The van der Waals surface area contributed by atoms with Crippen LogP contribution in [0.3, 0.4) is 0 Å². The molecule has 2 saturated heterocycles. The lowest BCUT2D eigenvalue weighted by atomic mass is 10.2. The number of nitrogen functional groups attached to an aromatic ring is 1. The SMILES string of the molecule is Clc1cc(-c2cn3cccnc3n2)nc(N2CCOCC2)c1.Nc1ncccn1.O=C(CBr)c1cc(Cl)cc(N2CCOCC2)n1. The Morgan fingerprint density at radius 3 is 1.93 bits per heavy atom. The Hall–Kier alpha value is -3.95. The average molecular weight is 730 g/mol. The van der Waals surface area contributed by atoms with Crippen molar-refractivity contribution in [3.05, 3.63) is 83.1 Å². The van der Waals surface area contributed by atoms with Gasteiger partial charge in [-0.25, -0.2) is 29.9 Å². The maximum absolute atomic E-state index is 11.6. The van der Waals surface area contributed by atoms with E-state index in [0.717, 1.165) is 49.2 Å². The third-order valence-corrected chi connectivity index (χ3v) is 7.66. The highest BCUT2D eigenvalue weighted by atomic mass is 79.9. The number of rotatable bonds is 5. The first-order valence-electron chi connectivity index (χ1n) is 14.3. The molecule has 2 aliphatic rings. The summed E-state index contributed by atoms with van der Waals surface area (Å²) in [5, 5.41) is 1.44. The van der Waals surface area contributed by atoms with E-state index in [-0.39, 0.29) is 11.1 Å². The van der Waals surface area contributed by atoms with E-state index < -0.39 is 0 Å². The molecule has 5 aromatic rings. The Morgan fingerprint density at radius 2 is 1.37 bits per heavy atom. The quantitative estimate of drug-likeness (QED) is 0.201. The number of ketones is 1. The molecule has 2 fully saturated rings. The van der Waals surface area contributed by atoms with E-state index in [1.54, 1.807) is 36.8 Å². The summed E-state index contributed by atoms with van der Waals surface area (Å²) in [5.74, 6) is 2.50. The Morgan fingerprint density at radius 1 is 0.783 bits per heavy atom. The number of aromatic nitrogens is 7. The molecule has 0 radical (unpaired) electrons. The number of anilines is 3. The van der Waals surface area contributed by atoms with Crippen molar-refractivity contribution in [1.29, 1.82) is 0 Å². The van der Waals surface area contributed by atoms with Crippen LogP contribution in [0.2, 0.25) is 10.0 Å². The van der Waals surface area contributed by atoms with Crippen LogP contribution >= 0.6 is 39.1 Å². The number of imidazole rings is 1. The van der Waals surface area contributed by atoms with Gasteiger partial charge in [0.25, 0.3) is 0 Å². The van der Waals surface area contributed by atoms with Gasteiger partial charge in [0.1, 0.15) is 23.0 Å². The van der Waals surface area contributed by atoms with Crippen molar-refractivity contribution >= 4 is 68.3 Å². The van der Waals surface area contributed by atoms with Crippen LogP contribution in [0.5, 0.6) is 0 Å². The minimum Gasteiger partial charge on any atom is -0.378 e. The van der Waals surface area contributed by atoms with Crippen LogP contribution in [-0.2, 0) is 9.47 Å². The number of halogens is 3. The molecule has 7 rings (SSSR count). The zero-order chi connectivity index (χ0) is 32.3. The maximum Gasteiger partial charge on any atom is 0.234 e. The zero-order valence-corrected chi connectivity index (χ0v) is 27.8. The number of pyridine rings is 2.